The van der Waals surface area contributed by atoms with Crippen LogP contribution in [-0.4, -0.2) is 15.0 Å². The van der Waals surface area contributed by atoms with E-state index in [9.17, 15) is 0 Å². The van der Waals surface area contributed by atoms with Crippen molar-refractivity contribution in [3.63, 3.8) is 0 Å². The lowest BCUT2D eigenvalue weighted by Gasteiger charge is -2.01. The van der Waals surface area contributed by atoms with E-state index < -0.39 is 0 Å². The van der Waals surface area contributed by atoms with E-state index in [4.69, 9.17) is 0 Å². The zero-order valence-corrected chi connectivity index (χ0v) is 8.36. The minimum atomic E-state index is 0.968. The molecule has 3 rings (SSSR count). The number of aryl methyl sites for hydroxylation is 1. The van der Waals surface area contributed by atoms with Crippen LogP contribution in [0.3, 0.4) is 0 Å². The van der Waals surface area contributed by atoms with Crippen molar-refractivity contribution in [3.05, 3.63) is 48.2 Å². The lowest BCUT2D eigenvalue weighted by Crippen LogP contribution is -1.88. The van der Waals surface area contributed by atoms with Crippen LogP contribution < -0.4 is 0 Å². The van der Waals surface area contributed by atoms with Crippen LogP contribution in [0.4, 0.5) is 0 Å². The third-order valence-electron chi connectivity index (χ3n) is 2.73. The summed E-state index contributed by atoms with van der Waals surface area (Å²) in [5.74, 6) is 0. The van der Waals surface area contributed by atoms with Gasteiger partial charge in [-0.1, -0.05) is 6.58 Å². The molecule has 15 heavy (non-hydrogen) atoms. The zero-order valence-electron chi connectivity index (χ0n) is 8.36. The molecule has 0 fully saturated rings. The first-order chi connectivity index (χ1) is 7.29. The summed E-state index contributed by atoms with van der Waals surface area (Å²) in [4.78, 5) is 12.6. The molecule has 0 spiro atoms. The molecule has 2 heterocycles. The molecule has 2 aromatic rings. The van der Waals surface area contributed by atoms with Crippen LogP contribution in [0.15, 0.2) is 31.4 Å². The molecular weight excluding hydrogens is 186 g/mol. The summed E-state index contributed by atoms with van der Waals surface area (Å²) in [5, 5.41) is 0. The maximum Gasteiger partial charge on any atom is 0.116 e. The summed E-state index contributed by atoms with van der Waals surface area (Å²) in [6, 6.07) is 1.98. The predicted molar refractivity (Wildman–Crippen MR) is 58.1 cm³/mol. The minimum Gasteiger partial charge on any atom is -0.261 e. The van der Waals surface area contributed by atoms with Gasteiger partial charge >= 0.3 is 0 Å². The highest BCUT2D eigenvalue weighted by Crippen LogP contribution is 2.42. The van der Waals surface area contributed by atoms with E-state index in [-0.39, 0.29) is 0 Å². The summed E-state index contributed by atoms with van der Waals surface area (Å²) in [6.45, 7) is 6.07. The Morgan fingerprint density at radius 2 is 2.07 bits per heavy atom. The van der Waals surface area contributed by atoms with Crippen LogP contribution in [0.5, 0.6) is 0 Å². The Hall–Kier alpha value is -2.03. The molecule has 2 aromatic heterocycles. The van der Waals surface area contributed by atoms with Gasteiger partial charge in [0.25, 0.3) is 0 Å². The summed E-state index contributed by atoms with van der Waals surface area (Å²) < 4.78 is 0. The number of aromatic nitrogens is 3. The number of pyridine rings is 1. The molecule has 1 aliphatic carbocycles. The van der Waals surface area contributed by atoms with Crippen LogP contribution in [0.25, 0.3) is 16.8 Å². The molecule has 3 heteroatoms. The Morgan fingerprint density at radius 3 is 2.93 bits per heavy atom. The molecule has 0 aromatic carbocycles. The summed E-state index contributed by atoms with van der Waals surface area (Å²) in [7, 11) is 0. The van der Waals surface area contributed by atoms with Gasteiger partial charge in [0.05, 0.1) is 5.69 Å². The highest BCUT2D eigenvalue weighted by molar-refractivity contribution is 5.99. The fourth-order valence-corrected chi connectivity index (χ4v) is 2.04. The van der Waals surface area contributed by atoms with Crippen LogP contribution in [0.1, 0.15) is 16.8 Å². The van der Waals surface area contributed by atoms with Gasteiger partial charge in [0.1, 0.15) is 6.33 Å². The van der Waals surface area contributed by atoms with Gasteiger partial charge in [-0.05, 0) is 18.6 Å². The van der Waals surface area contributed by atoms with Gasteiger partial charge in [0.2, 0.25) is 0 Å². The Kier molecular flexibility index (Phi) is 1.51. The van der Waals surface area contributed by atoms with E-state index in [0.717, 1.165) is 33.7 Å². The van der Waals surface area contributed by atoms with Gasteiger partial charge in [0.15, 0.2) is 0 Å². The van der Waals surface area contributed by atoms with Crippen LogP contribution >= 0.6 is 0 Å². The molecule has 1 aliphatic rings. The van der Waals surface area contributed by atoms with Crippen molar-refractivity contribution in [2.75, 3.05) is 0 Å². The molecule has 0 aliphatic heterocycles. The van der Waals surface area contributed by atoms with E-state index in [1.807, 2.05) is 19.2 Å². The minimum absolute atomic E-state index is 0.968. The fourth-order valence-electron chi connectivity index (χ4n) is 2.04. The molecule has 0 bridgehead atoms. The Bertz CT molecular complexity index is 573. The lowest BCUT2D eigenvalue weighted by atomic mass is 10.1. The van der Waals surface area contributed by atoms with Gasteiger partial charge in [-0.2, -0.15) is 0 Å². The topological polar surface area (TPSA) is 38.7 Å². The third-order valence-corrected chi connectivity index (χ3v) is 2.73. The largest absolute Gasteiger partial charge is 0.261 e. The van der Waals surface area contributed by atoms with Crippen molar-refractivity contribution in [1.29, 1.82) is 0 Å². The van der Waals surface area contributed by atoms with Crippen molar-refractivity contribution in [2.45, 2.75) is 6.92 Å². The third kappa shape index (κ3) is 0.973. The molecule has 0 saturated heterocycles. The van der Waals surface area contributed by atoms with Crippen LogP contribution in [0.2, 0.25) is 0 Å². The molecule has 0 N–H and O–H groups in total. The quantitative estimate of drug-likeness (QED) is 0.552. The number of nitrogens with zero attached hydrogens (tertiary/aromatic N) is 3. The van der Waals surface area contributed by atoms with Crippen LogP contribution in [0, 0.1) is 6.92 Å². The highest BCUT2D eigenvalue weighted by Gasteiger charge is 2.24. The molecular formula is C12H9N3. The van der Waals surface area contributed by atoms with E-state index in [1.165, 1.54) is 0 Å². The first kappa shape index (κ1) is 8.29. The lowest BCUT2D eigenvalue weighted by molar-refractivity contribution is 1.16. The average Bonchev–Trinajstić information content (AvgIpc) is 2.55. The van der Waals surface area contributed by atoms with Gasteiger partial charge in [0, 0.05) is 34.8 Å². The maximum absolute atomic E-state index is 4.29. The van der Waals surface area contributed by atoms with Crippen molar-refractivity contribution in [1.82, 2.24) is 15.0 Å². The predicted octanol–water partition coefficient (Wildman–Crippen LogP) is 2.22. The molecule has 0 atom stereocenters. The second kappa shape index (κ2) is 2.73. The van der Waals surface area contributed by atoms with Gasteiger partial charge in [-0.3, -0.25) is 4.98 Å². The van der Waals surface area contributed by atoms with Crippen molar-refractivity contribution in [2.24, 2.45) is 0 Å². The maximum atomic E-state index is 4.29. The van der Waals surface area contributed by atoms with E-state index in [1.54, 1.807) is 12.5 Å². The first-order valence-corrected chi connectivity index (χ1v) is 4.74. The fraction of sp³-hybridized carbons (Fsp3) is 0.0833. The van der Waals surface area contributed by atoms with Gasteiger partial charge in [-0.25, -0.2) is 9.97 Å². The number of rotatable bonds is 0. The zero-order chi connectivity index (χ0) is 10.4. The summed E-state index contributed by atoms with van der Waals surface area (Å²) in [5.41, 5.74) is 6.18. The number of hydrogen-bond acceptors (Lipinski definition) is 3. The Morgan fingerprint density at radius 1 is 1.20 bits per heavy atom. The van der Waals surface area contributed by atoms with Gasteiger partial charge in [-0.15, -0.1) is 0 Å². The standard InChI is InChI=1S/C12H9N3/c1-7-10-5-13-6-15-12(10)9-3-4-14-8(2)11(7)9/h3-6H,1H2,2H3. The Balaban J connectivity index is 2.43. The van der Waals surface area contributed by atoms with E-state index in [2.05, 4.69) is 21.5 Å². The van der Waals surface area contributed by atoms with Crippen molar-refractivity contribution >= 4 is 5.57 Å². The molecule has 0 saturated carbocycles. The summed E-state index contributed by atoms with van der Waals surface area (Å²) >= 11 is 0. The summed E-state index contributed by atoms with van der Waals surface area (Å²) in [6.07, 6.45) is 5.18. The SMILES string of the molecule is C=C1c2cncnc2-c2ccnc(C)c21. The van der Waals surface area contributed by atoms with E-state index >= 15 is 0 Å². The molecule has 72 valence electrons. The second-order valence-corrected chi connectivity index (χ2v) is 3.58. The smallest absolute Gasteiger partial charge is 0.116 e. The monoisotopic (exact) mass is 195 g/mol. The molecule has 3 nitrogen and oxygen atoms in total. The first-order valence-electron chi connectivity index (χ1n) is 4.74. The average molecular weight is 195 g/mol. The molecule has 0 amide bonds. The van der Waals surface area contributed by atoms with Crippen molar-refractivity contribution < 1.29 is 0 Å². The van der Waals surface area contributed by atoms with Crippen LogP contribution in [-0.2, 0) is 0 Å². The number of hydrogen-bond donors (Lipinski definition) is 0. The molecule has 0 unspecified atom stereocenters. The van der Waals surface area contributed by atoms with Gasteiger partial charge < -0.3 is 0 Å². The van der Waals surface area contributed by atoms with Crippen molar-refractivity contribution in [3.8, 4) is 11.3 Å². The second-order valence-electron chi connectivity index (χ2n) is 3.58. The highest BCUT2D eigenvalue weighted by atomic mass is 14.8. The number of fused-ring (bicyclic) bond motifs is 3. The Labute approximate surface area is 87.5 Å². The van der Waals surface area contributed by atoms with E-state index in [0.29, 0.717) is 0 Å². The normalized spacial score (nSPS) is 12.5. The molecule has 0 radical (unpaired) electrons.